The van der Waals surface area contributed by atoms with Gasteiger partial charge in [0.2, 0.25) is 0 Å². The van der Waals surface area contributed by atoms with E-state index in [4.69, 9.17) is 0 Å². The first-order valence-corrected chi connectivity index (χ1v) is 16.1. The van der Waals surface area contributed by atoms with Crippen LogP contribution in [0.15, 0.2) is 176 Å². The molecule has 0 fully saturated rings. The molecule has 0 aliphatic rings. The average Bonchev–Trinajstić information content (AvgIpc) is 3.82. The predicted octanol–water partition coefficient (Wildman–Crippen LogP) is 11.5. The van der Waals surface area contributed by atoms with Crippen molar-refractivity contribution in [2.45, 2.75) is 0 Å². The van der Waals surface area contributed by atoms with Gasteiger partial charge in [-0.2, -0.15) is 0 Å². The summed E-state index contributed by atoms with van der Waals surface area (Å²) in [6.45, 7) is 0. The Balaban J connectivity index is 1.36. The molecule has 220 valence electrons. The van der Waals surface area contributed by atoms with Gasteiger partial charge in [-0.25, -0.2) is 0 Å². The summed E-state index contributed by atoms with van der Waals surface area (Å²) >= 11 is 0. The van der Waals surface area contributed by atoms with Gasteiger partial charge in [-0.15, -0.1) is 0 Å². The summed E-state index contributed by atoms with van der Waals surface area (Å²) in [6, 6.07) is 61.6. The van der Waals surface area contributed by atoms with E-state index in [0.29, 0.717) is 0 Å². The topological polar surface area (TPSA) is 14.8 Å². The van der Waals surface area contributed by atoms with Gasteiger partial charge in [0.25, 0.3) is 0 Å². The highest BCUT2D eigenvalue weighted by molar-refractivity contribution is 6.18. The lowest BCUT2D eigenvalue weighted by atomic mass is 10.0. The molecule has 0 N–H and O–H groups in total. The van der Waals surface area contributed by atoms with E-state index in [1.165, 1.54) is 65.6 Å². The minimum Gasteiger partial charge on any atom is -0.315 e. The van der Waals surface area contributed by atoms with Crippen molar-refractivity contribution >= 4 is 54.5 Å². The summed E-state index contributed by atoms with van der Waals surface area (Å²) in [6.07, 6.45) is 2.20. The van der Waals surface area contributed by atoms with Gasteiger partial charge >= 0.3 is 0 Å². The van der Waals surface area contributed by atoms with Gasteiger partial charge in [0.05, 0.1) is 27.6 Å². The maximum Gasteiger partial charge on any atom is 0.0788 e. The van der Waals surface area contributed by atoms with E-state index < -0.39 is 0 Å². The highest BCUT2D eigenvalue weighted by Gasteiger charge is 2.20. The van der Waals surface area contributed by atoms with E-state index in [1.54, 1.807) is 0 Å². The predicted molar refractivity (Wildman–Crippen MR) is 197 cm³/mol. The van der Waals surface area contributed by atoms with Crippen LogP contribution in [-0.4, -0.2) is 13.7 Å². The third kappa shape index (κ3) is 3.87. The van der Waals surface area contributed by atoms with Crippen molar-refractivity contribution in [2.24, 2.45) is 0 Å². The first-order chi connectivity index (χ1) is 23.3. The number of para-hydroxylation sites is 4. The monoisotopic (exact) mass is 599 g/mol. The zero-order chi connectivity index (χ0) is 30.9. The zero-order valence-electron chi connectivity index (χ0n) is 25.6. The first-order valence-electron chi connectivity index (χ1n) is 16.1. The quantitative estimate of drug-likeness (QED) is 0.191. The molecular weight excluding hydrogens is 571 g/mol. The molecule has 47 heavy (non-hydrogen) atoms. The van der Waals surface area contributed by atoms with Crippen LogP contribution in [0.3, 0.4) is 0 Å². The molecule has 3 nitrogen and oxygen atoms in total. The number of hydrogen-bond acceptors (Lipinski definition) is 0. The summed E-state index contributed by atoms with van der Waals surface area (Å²) < 4.78 is 7.25. The van der Waals surface area contributed by atoms with E-state index in [2.05, 4.69) is 190 Å². The standard InChI is InChI=1S/C44H29N3/c1-3-13-30(14-4-1)32-27-34(46-40-20-10-7-17-36(40)37-18-8-11-21-41(37)46)29-35(28-32)47-42-22-12-9-19-38(42)39-24-23-31-25-26-45(43(31)44(39)47)33-15-5-2-6-16-33/h1-29H. The smallest absolute Gasteiger partial charge is 0.0788 e. The van der Waals surface area contributed by atoms with Gasteiger partial charge < -0.3 is 13.7 Å². The largest absolute Gasteiger partial charge is 0.315 e. The second-order valence-electron chi connectivity index (χ2n) is 12.2. The van der Waals surface area contributed by atoms with Crippen molar-refractivity contribution in [1.82, 2.24) is 13.7 Å². The van der Waals surface area contributed by atoms with E-state index in [-0.39, 0.29) is 0 Å². The molecule has 3 aromatic heterocycles. The molecule has 10 rings (SSSR count). The Hall–Kier alpha value is -6.32. The number of fused-ring (bicyclic) bond motifs is 8. The second-order valence-corrected chi connectivity index (χ2v) is 12.2. The molecule has 0 amide bonds. The van der Waals surface area contributed by atoms with Crippen LogP contribution < -0.4 is 0 Å². The van der Waals surface area contributed by atoms with Crippen LogP contribution in [-0.2, 0) is 0 Å². The maximum absolute atomic E-state index is 2.48. The van der Waals surface area contributed by atoms with Crippen LogP contribution >= 0.6 is 0 Å². The van der Waals surface area contributed by atoms with Crippen molar-refractivity contribution in [1.29, 1.82) is 0 Å². The number of rotatable bonds is 4. The van der Waals surface area contributed by atoms with Gasteiger partial charge in [0.1, 0.15) is 0 Å². The summed E-state index contributed by atoms with van der Waals surface area (Å²) in [7, 11) is 0. The van der Waals surface area contributed by atoms with Crippen molar-refractivity contribution in [2.75, 3.05) is 0 Å². The Kier molecular flexibility index (Phi) is 5.57. The number of hydrogen-bond donors (Lipinski definition) is 0. The third-order valence-corrected chi connectivity index (χ3v) is 9.63. The molecular formula is C44H29N3. The fourth-order valence-corrected chi connectivity index (χ4v) is 7.60. The minimum absolute atomic E-state index is 1.13. The van der Waals surface area contributed by atoms with E-state index in [1.807, 2.05) is 0 Å². The van der Waals surface area contributed by atoms with Crippen molar-refractivity contribution in [3.63, 3.8) is 0 Å². The molecule has 0 aliphatic heterocycles. The Morgan fingerprint density at radius 1 is 0.319 bits per heavy atom. The molecule has 0 radical (unpaired) electrons. The van der Waals surface area contributed by atoms with Crippen molar-refractivity contribution in [3.8, 4) is 28.2 Å². The van der Waals surface area contributed by atoms with Gasteiger partial charge in [-0.05, 0) is 65.7 Å². The molecule has 0 saturated carbocycles. The molecule has 3 heteroatoms. The van der Waals surface area contributed by atoms with Crippen LogP contribution in [0.25, 0.3) is 82.7 Å². The Morgan fingerprint density at radius 3 is 1.51 bits per heavy atom. The third-order valence-electron chi connectivity index (χ3n) is 9.63. The van der Waals surface area contributed by atoms with E-state index in [9.17, 15) is 0 Å². The Labute approximate surface area is 271 Å². The molecule has 0 saturated heterocycles. The maximum atomic E-state index is 2.48. The van der Waals surface area contributed by atoms with Crippen LogP contribution in [0, 0.1) is 0 Å². The molecule has 10 aromatic rings. The lowest BCUT2D eigenvalue weighted by Crippen LogP contribution is -2.01. The van der Waals surface area contributed by atoms with Gasteiger partial charge in [0.15, 0.2) is 0 Å². The fraction of sp³-hybridized carbons (Fsp3) is 0. The van der Waals surface area contributed by atoms with Gasteiger partial charge in [0, 0.05) is 50.2 Å². The molecule has 0 unspecified atom stereocenters. The SMILES string of the molecule is c1ccc(-c2cc(-n3c4ccccc4c4ccccc43)cc(-n3c4ccccc4c4ccc5ccn(-c6ccccc6)c5c43)c2)cc1. The average molecular weight is 600 g/mol. The van der Waals surface area contributed by atoms with E-state index in [0.717, 1.165) is 17.1 Å². The van der Waals surface area contributed by atoms with Gasteiger partial charge in [-0.1, -0.05) is 115 Å². The lowest BCUT2D eigenvalue weighted by molar-refractivity contribution is 1.11. The fourth-order valence-electron chi connectivity index (χ4n) is 7.60. The van der Waals surface area contributed by atoms with Crippen molar-refractivity contribution < 1.29 is 0 Å². The zero-order valence-corrected chi connectivity index (χ0v) is 25.6. The minimum atomic E-state index is 1.13. The first kappa shape index (κ1) is 26.0. The van der Waals surface area contributed by atoms with Gasteiger partial charge in [-0.3, -0.25) is 0 Å². The van der Waals surface area contributed by atoms with E-state index >= 15 is 0 Å². The van der Waals surface area contributed by atoms with Crippen LogP contribution in [0.1, 0.15) is 0 Å². The molecule has 7 aromatic carbocycles. The molecule has 0 bridgehead atoms. The lowest BCUT2D eigenvalue weighted by Gasteiger charge is -2.17. The molecule has 0 aliphatic carbocycles. The number of aromatic nitrogens is 3. The number of nitrogens with zero attached hydrogens (tertiary/aromatic N) is 3. The molecule has 0 spiro atoms. The summed E-state index contributed by atoms with van der Waals surface area (Å²) in [5.41, 5.74) is 11.8. The highest BCUT2D eigenvalue weighted by Crippen LogP contribution is 2.40. The summed E-state index contributed by atoms with van der Waals surface area (Å²) in [5, 5.41) is 6.22. The molecule has 0 atom stereocenters. The van der Waals surface area contributed by atoms with Crippen molar-refractivity contribution in [3.05, 3.63) is 176 Å². The highest BCUT2D eigenvalue weighted by atomic mass is 15.0. The summed E-state index contributed by atoms with van der Waals surface area (Å²) in [5.74, 6) is 0. The van der Waals surface area contributed by atoms with Crippen LogP contribution in [0.4, 0.5) is 0 Å². The summed E-state index contributed by atoms with van der Waals surface area (Å²) in [4.78, 5) is 0. The van der Waals surface area contributed by atoms with Crippen LogP contribution in [0.5, 0.6) is 0 Å². The Morgan fingerprint density at radius 2 is 0.851 bits per heavy atom. The second kappa shape index (κ2) is 10.1. The Bertz CT molecular complexity index is 2720. The number of benzene rings is 7. The van der Waals surface area contributed by atoms with Crippen LogP contribution in [0.2, 0.25) is 0 Å². The molecule has 3 heterocycles. The normalized spacial score (nSPS) is 11.8.